The van der Waals surface area contributed by atoms with E-state index in [1.165, 1.54) is 12.1 Å². The van der Waals surface area contributed by atoms with Crippen molar-refractivity contribution in [1.29, 1.82) is 0 Å². The van der Waals surface area contributed by atoms with Gasteiger partial charge in [-0.1, -0.05) is 18.2 Å². The molecule has 23 heavy (non-hydrogen) atoms. The number of aromatic nitrogens is 1. The van der Waals surface area contributed by atoms with E-state index in [0.29, 0.717) is 19.0 Å². The molecule has 1 heterocycles. The zero-order chi connectivity index (χ0) is 15.8. The molecule has 1 aromatic carbocycles. The van der Waals surface area contributed by atoms with E-state index in [1.54, 1.807) is 25.4 Å². The molecule has 2 N–H and O–H groups in total. The van der Waals surface area contributed by atoms with Crippen LogP contribution < -0.4 is 10.6 Å². The highest BCUT2D eigenvalue weighted by molar-refractivity contribution is 14.0. The second-order valence-corrected chi connectivity index (χ2v) is 4.52. The van der Waals surface area contributed by atoms with Crippen LogP contribution in [0.3, 0.4) is 0 Å². The lowest BCUT2D eigenvalue weighted by molar-refractivity contribution is -0.384. The van der Waals surface area contributed by atoms with E-state index < -0.39 is 4.92 Å². The fraction of sp³-hybridized carbons (Fsp3) is 0.200. The van der Waals surface area contributed by atoms with Crippen molar-refractivity contribution in [2.75, 3.05) is 7.05 Å². The highest BCUT2D eigenvalue weighted by Gasteiger charge is 2.04. The molecule has 7 nitrogen and oxygen atoms in total. The van der Waals surface area contributed by atoms with Crippen LogP contribution >= 0.6 is 24.0 Å². The predicted octanol–water partition coefficient (Wildman–Crippen LogP) is 2.47. The Balaban J connectivity index is 0.00000264. The molecule has 0 aliphatic carbocycles. The van der Waals surface area contributed by atoms with Gasteiger partial charge in [0.25, 0.3) is 5.69 Å². The maximum absolute atomic E-state index is 10.6. The highest BCUT2D eigenvalue weighted by Crippen LogP contribution is 2.11. The van der Waals surface area contributed by atoms with Gasteiger partial charge in [-0.25, -0.2) is 0 Å². The first-order valence-electron chi connectivity index (χ1n) is 6.77. The van der Waals surface area contributed by atoms with Gasteiger partial charge in [0, 0.05) is 31.9 Å². The molecule has 0 aliphatic heterocycles. The number of aliphatic imine (C=N–C) groups is 1. The number of nitro groups is 1. The van der Waals surface area contributed by atoms with Gasteiger partial charge < -0.3 is 10.6 Å². The molecule has 2 aromatic rings. The summed E-state index contributed by atoms with van der Waals surface area (Å²) in [6.45, 7) is 1.10. The minimum Gasteiger partial charge on any atom is -0.352 e. The summed E-state index contributed by atoms with van der Waals surface area (Å²) in [7, 11) is 1.68. The van der Waals surface area contributed by atoms with Crippen LogP contribution in [0.15, 0.2) is 53.7 Å². The molecule has 0 saturated heterocycles. The molecule has 2 rings (SSSR count). The van der Waals surface area contributed by atoms with Crippen molar-refractivity contribution >= 4 is 35.6 Å². The number of hydrogen-bond donors (Lipinski definition) is 2. The van der Waals surface area contributed by atoms with Crippen LogP contribution in [0.1, 0.15) is 11.3 Å². The lowest BCUT2D eigenvalue weighted by atomic mass is 10.2. The van der Waals surface area contributed by atoms with E-state index in [1.807, 2.05) is 18.2 Å². The van der Waals surface area contributed by atoms with Gasteiger partial charge in [-0.05, 0) is 17.7 Å². The lowest BCUT2D eigenvalue weighted by Gasteiger charge is -2.11. The lowest BCUT2D eigenvalue weighted by Crippen LogP contribution is -2.36. The zero-order valence-electron chi connectivity index (χ0n) is 12.6. The summed E-state index contributed by atoms with van der Waals surface area (Å²) < 4.78 is 0. The van der Waals surface area contributed by atoms with Crippen LogP contribution in [-0.2, 0) is 13.1 Å². The van der Waals surface area contributed by atoms with Crippen molar-refractivity contribution < 1.29 is 4.92 Å². The number of pyridine rings is 1. The summed E-state index contributed by atoms with van der Waals surface area (Å²) in [5.41, 5.74) is 1.94. The molecule has 0 amide bonds. The monoisotopic (exact) mass is 427 g/mol. The van der Waals surface area contributed by atoms with Crippen molar-refractivity contribution in [3.8, 4) is 0 Å². The molecule has 0 atom stereocenters. The van der Waals surface area contributed by atoms with Gasteiger partial charge in [-0.2, -0.15) is 0 Å². The van der Waals surface area contributed by atoms with Crippen LogP contribution in [-0.4, -0.2) is 22.9 Å². The Morgan fingerprint density at radius 2 is 1.87 bits per heavy atom. The van der Waals surface area contributed by atoms with Gasteiger partial charge in [-0.3, -0.25) is 20.1 Å². The van der Waals surface area contributed by atoms with Gasteiger partial charge >= 0.3 is 0 Å². The Labute approximate surface area is 151 Å². The van der Waals surface area contributed by atoms with Crippen LogP contribution in [0.2, 0.25) is 0 Å². The number of halogens is 1. The SMILES string of the molecule is CN=C(NCc1ccc([N+](=O)[O-])cc1)NCc1ccccn1.I. The normalized spacial score (nSPS) is 10.6. The van der Waals surface area contributed by atoms with Gasteiger partial charge in [0.1, 0.15) is 0 Å². The van der Waals surface area contributed by atoms with E-state index in [0.717, 1.165) is 11.3 Å². The Bertz CT molecular complexity index is 647. The van der Waals surface area contributed by atoms with E-state index in [9.17, 15) is 10.1 Å². The summed E-state index contributed by atoms with van der Waals surface area (Å²) >= 11 is 0. The third-order valence-electron chi connectivity index (χ3n) is 2.99. The van der Waals surface area contributed by atoms with E-state index >= 15 is 0 Å². The Morgan fingerprint density at radius 3 is 2.43 bits per heavy atom. The van der Waals surface area contributed by atoms with Crippen LogP contribution in [0.25, 0.3) is 0 Å². The first-order chi connectivity index (χ1) is 10.7. The summed E-state index contributed by atoms with van der Waals surface area (Å²) in [4.78, 5) is 18.5. The molecule has 0 fully saturated rings. The van der Waals surface area contributed by atoms with Crippen LogP contribution in [0.4, 0.5) is 5.69 Å². The first-order valence-corrected chi connectivity index (χ1v) is 6.77. The number of non-ortho nitro benzene ring substituents is 1. The van der Waals surface area contributed by atoms with Crippen molar-refractivity contribution in [3.63, 3.8) is 0 Å². The number of rotatable bonds is 5. The quantitative estimate of drug-likeness (QED) is 0.252. The fourth-order valence-corrected chi connectivity index (χ4v) is 1.82. The van der Waals surface area contributed by atoms with Gasteiger partial charge in [0.2, 0.25) is 0 Å². The fourth-order valence-electron chi connectivity index (χ4n) is 1.82. The first kappa shape index (κ1) is 18.8. The molecule has 1 aromatic heterocycles. The topological polar surface area (TPSA) is 92.5 Å². The third-order valence-corrected chi connectivity index (χ3v) is 2.99. The Morgan fingerprint density at radius 1 is 1.17 bits per heavy atom. The van der Waals surface area contributed by atoms with Crippen LogP contribution in [0.5, 0.6) is 0 Å². The highest BCUT2D eigenvalue weighted by atomic mass is 127. The molecule has 0 unspecified atom stereocenters. The maximum Gasteiger partial charge on any atom is 0.269 e. The molecule has 0 aliphatic rings. The number of nitrogens with one attached hydrogen (secondary N) is 2. The second-order valence-electron chi connectivity index (χ2n) is 4.52. The smallest absolute Gasteiger partial charge is 0.269 e. The average molecular weight is 427 g/mol. The third kappa shape index (κ3) is 6.19. The summed E-state index contributed by atoms with van der Waals surface area (Å²) in [5.74, 6) is 0.643. The minimum absolute atomic E-state index is 0. The Hall–Kier alpha value is -2.23. The molecule has 8 heteroatoms. The van der Waals surface area contributed by atoms with E-state index in [4.69, 9.17) is 0 Å². The van der Waals surface area contributed by atoms with E-state index in [-0.39, 0.29) is 29.7 Å². The molecule has 0 saturated carbocycles. The zero-order valence-corrected chi connectivity index (χ0v) is 14.9. The summed E-state index contributed by atoms with van der Waals surface area (Å²) in [5, 5.41) is 16.9. The molecule has 0 radical (unpaired) electrons. The summed E-state index contributed by atoms with van der Waals surface area (Å²) in [6.07, 6.45) is 1.74. The van der Waals surface area contributed by atoms with Crippen molar-refractivity contribution in [3.05, 3.63) is 70.0 Å². The maximum atomic E-state index is 10.6. The largest absolute Gasteiger partial charge is 0.352 e. The van der Waals surface area contributed by atoms with Gasteiger partial charge in [-0.15, -0.1) is 24.0 Å². The van der Waals surface area contributed by atoms with Crippen LogP contribution in [0, 0.1) is 10.1 Å². The Kier molecular flexibility index (Phi) is 7.95. The number of nitro benzene ring substituents is 1. The molecule has 122 valence electrons. The molecule has 0 bridgehead atoms. The summed E-state index contributed by atoms with van der Waals surface area (Å²) in [6, 6.07) is 12.1. The van der Waals surface area contributed by atoms with Crippen molar-refractivity contribution in [2.24, 2.45) is 4.99 Å². The number of guanidine groups is 1. The number of nitrogens with zero attached hydrogens (tertiary/aromatic N) is 3. The minimum atomic E-state index is -0.412. The standard InChI is InChI=1S/C15H17N5O2.HI/c1-16-15(19-11-13-4-2-3-9-17-13)18-10-12-5-7-14(8-6-12)20(21)22;/h2-9H,10-11H2,1H3,(H2,16,18,19);1H. The second kappa shape index (κ2) is 9.72. The van der Waals surface area contributed by atoms with Gasteiger partial charge in [0.05, 0.1) is 17.2 Å². The number of hydrogen-bond acceptors (Lipinski definition) is 4. The molecule has 0 spiro atoms. The van der Waals surface area contributed by atoms with E-state index in [2.05, 4.69) is 20.6 Å². The average Bonchev–Trinajstić information content (AvgIpc) is 2.56. The van der Waals surface area contributed by atoms with Crippen molar-refractivity contribution in [2.45, 2.75) is 13.1 Å². The predicted molar refractivity (Wildman–Crippen MR) is 99.8 cm³/mol. The number of benzene rings is 1. The van der Waals surface area contributed by atoms with Gasteiger partial charge in [0.15, 0.2) is 5.96 Å². The molecular weight excluding hydrogens is 409 g/mol. The van der Waals surface area contributed by atoms with Crippen molar-refractivity contribution in [1.82, 2.24) is 15.6 Å². The molecular formula is C15H18IN5O2.